The number of carbonyl (C=O) groups is 2. The minimum Gasteiger partial charge on any atom is -0.352 e. The van der Waals surface area contributed by atoms with E-state index in [1.54, 1.807) is 18.2 Å². The van der Waals surface area contributed by atoms with Gasteiger partial charge in [0.1, 0.15) is 0 Å². The second-order valence-electron chi connectivity index (χ2n) is 7.13. The molecule has 2 aromatic carbocycles. The molecular formula is C20H22Cl3N5O4S. The van der Waals surface area contributed by atoms with Gasteiger partial charge in [0.15, 0.2) is 6.17 Å². The highest BCUT2D eigenvalue weighted by Gasteiger charge is 2.44. The Morgan fingerprint density at radius 3 is 2.48 bits per heavy atom. The fourth-order valence-corrected chi connectivity index (χ4v) is 5.53. The Hall–Kier alpha value is -2.08. The van der Waals surface area contributed by atoms with Gasteiger partial charge in [-0.3, -0.25) is 9.69 Å². The summed E-state index contributed by atoms with van der Waals surface area (Å²) in [6, 6.07) is 9.67. The van der Waals surface area contributed by atoms with E-state index in [0.717, 1.165) is 9.21 Å². The zero-order valence-corrected chi connectivity index (χ0v) is 20.4. The first-order valence-electron chi connectivity index (χ1n) is 9.93. The fourth-order valence-electron chi connectivity index (χ4n) is 3.35. The summed E-state index contributed by atoms with van der Waals surface area (Å²) in [5, 5.41) is 5.88. The molecule has 0 radical (unpaired) electrons. The standard InChI is InChI=1S/C20H22Cl3N5O4S/c21-13-3-1-4-14(11-13)26-20(30)27-9-2-10-28(19(27)18(29)25-8-7-24)33(31,32)15-5-6-16(22)17(23)12-15/h1,3-6,11-12,19H,2,7-10,24H2,(H,25,29)(H,26,30). The molecule has 33 heavy (non-hydrogen) atoms. The molecule has 3 rings (SSSR count). The number of rotatable bonds is 6. The summed E-state index contributed by atoms with van der Waals surface area (Å²) >= 11 is 17.9. The van der Waals surface area contributed by atoms with E-state index in [1.165, 1.54) is 24.3 Å². The lowest BCUT2D eigenvalue weighted by Crippen LogP contribution is -2.64. The number of sulfonamides is 1. The number of hydrogen-bond donors (Lipinski definition) is 3. The van der Waals surface area contributed by atoms with Gasteiger partial charge in [0.2, 0.25) is 10.0 Å². The first-order chi connectivity index (χ1) is 15.6. The van der Waals surface area contributed by atoms with Gasteiger partial charge in [-0.25, -0.2) is 13.2 Å². The molecule has 1 aliphatic rings. The molecule has 0 aliphatic carbocycles. The monoisotopic (exact) mass is 533 g/mol. The van der Waals surface area contributed by atoms with Gasteiger partial charge in [-0.2, -0.15) is 4.31 Å². The minimum atomic E-state index is -4.21. The molecule has 0 saturated carbocycles. The summed E-state index contributed by atoms with van der Waals surface area (Å²) in [6.45, 7) is 0.428. The van der Waals surface area contributed by atoms with Crippen molar-refractivity contribution in [2.24, 2.45) is 5.73 Å². The summed E-state index contributed by atoms with van der Waals surface area (Å²) in [5.74, 6) is -0.676. The Morgan fingerprint density at radius 1 is 1.06 bits per heavy atom. The summed E-state index contributed by atoms with van der Waals surface area (Å²) in [4.78, 5) is 27.1. The molecule has 2 aromatic rings. The van der Waals surface area contributed by atoms with Crippen molar-refractivity contribution in [2.45, 2.75) is 17.5 Å². The molecule has 1 fully saturated rings. The third-order valence-electron chi connectivity index (χ3n) is 4.86. The molecule has 0 bridgehead atoms. The number of nitrogens with one attached hydrogen (secondary N) is 2. The zero-order valence-electron chi connectivity index (χ0n) is 17.3. The summed E-state index contributed by atoms with van der Waals surface area (Å²) in [7, 11) is -4.21. The van der Waals surface area contributed by atoms with Crippen molar-refractivity contribution < 1.29 is 18.0 Å². The topological polar surface area (TPSA) is 125 Å². The summed E-state index contributed by atoms with van der Waals surface area (Å²) in [6.07, 6.45) is -1.13. The Kier molecular flexibility index (Phi) is 8.43. The van der Waals surface area contributed by atoms with Gasteiger partial charge in [0, 0.05) is 36.9 Å². The SMILES string of the molecule is NCCNC(=O)C1N(C(=O)Nc2cccc(Cl)c2)CCCN1S(=O)(=O)c1ccc(Cl)c(Cl)c1. The van der Waals surface area contributed by atoms with Gasteiger partial charge < -0.3 is 16.4 Å². The van der Waals surface area contributed by atoms with E-state index in [4.69, 9.17) is 40.5 Å². The molecule has 178 valence electrons. The number of hydrogen-bond acceptors (Lipinski definition) is 5. The van der Waals surface area contributed by atoms with Gasteiger partial charge in [-0.1, -0.05) is 40.9 Å². The van der Waals surface area contributed by atoms with Crippen LogP contribution in [-0.4, -0.2) is 61.9 Å². The van der Waals surface area contributed by atoms with E-state index in [9.17, 15) is 18.0 Å². The number of anilines is 1. The van der Waals surface area contributed by atoms with Crippen LogP contribution in [0.25, 0.3) is 0 Å². The second kappa shape index (κ2) is 10.9. The van der Waals surface area contributed by atoms with E-state index in [0.29, 0.717) is 17.1 Å². The largest absolute Gasteiger partial charge is 0.352 e. The highest BCUT2D eigenvalue weighted by molar-refractivity contribution is 7.89. The van der Waals surface area contributed by atoms with Crippen LogP contribution < -0.4 is 16.4 Å². The second-order valence-corrected chi connectivity index (χ2v) is 10.3. The molecule has 1 unspecified atom stereocenters. The van der Waals surface area contributed by atoms with Crippen molar-refractivity contribution >= 4 is 62.5 Å². The average molecular weight is 535 g/mol. The molecule has 1 heterocycles. The van der Waals surface area contributed by atoms with Crippen molar-refractivity contribution in [1.29, 1.82) is 0 Å². The van der Waals surface area contributed by atoms with Crippen LogP contribution >= 0.6 is 34.8 Å². The van der Waals surface area contributed by atoms with Crippen LogP contribution in [0, 0.1) is 0 Å². The molecule has 0 spiro atoms. The van der Waals surface area contributed by atoms with Gasteiger partial charge in [0.25, 0.3) is 5.91 Å². The van der Waals surface area contributed by atoms with E-state index < -0.39 is 28.1 Å². The number of urea groups is 1. The van der Waals surface area contributed by atoms with Crippen LogP contribution in [0.4, 0.5) is 10.5 Å². The van der Waals surface area contributed by atoms with Crippen molar-refractivity contribution in [3.05, 3.63) is 57.5 Å². The quantitative estimate of drug-likeness (QED) is 0.525. The maximum atomic E-state index is 13.5. The predicted octanol–water partition coefficient (Wildman–Crippen LogP) is 2.98. The minimum absolute atomic E-state index is 0.0181. The lowest BCUT2D eigenvalue weighted by atomic mass is 10.2. The van der Waals surface area contributed by atoms with E-state index in [-0.39, 0.29) is 41.1 Å². The molecule has 4 N–H and O–H groups in total. The van der Waals surface area contributed by atoms with Crippen molar-refractivity contribution in [3.8, 4) is 0 Å². The molecular weight excluding hydrogens is 513 g/mol. The summed E-state index contributed by atoms with van der Waals surface area (Å²) in [5.41, 5.74) is 5.88. The molecule has 1 atom stereocenters. The summed E-state index contributed by atoms with van der Waals surface area (Å²) < 4.78 is 27.9. The highest BCUT2D eigenvalue weighted by Crippen LogP contribution is 2.30. The molecule has 9 nitrogen and oxygen atoms in total. The first kappa shape index (κ1) is 25.5. The molecule has 1 saturated heterocycles. The molecule has 0 aromatic heterocycles. The van der Waals surface area contributed by atoms with Gasteiger partial charge in [-0.15, -0.1) is 0 Å². The highest BCUT2D eigenvalue weighted by atomic mass is 35.5. The number of halogens is 3. The number of benzene rings is 2. The zero-order chi connectivity index (χ0) is 24.2. The Morgan fingerprint density at radius 2 is 1.82 bits per heavy atom. The Labute approximate surface area is 206 Å². The third-order valence-corrected chi connectivity index (χ3v) is 7.68. The number of nitrogens with zero attached hydrogens (tertiary/aromatic N) is 2. The van der Waals surface area contributed by atoms with Crippen LogP contribution in [-0.2, 0) is 14.8 Å². The fraction of sp³-hybridized carbons (Fsp3) is 0.300. The van der Waals surface area contributed by atoms with Crippen molar-refractivity contribution in [3.63, 3.8) is 0 Å². The van der Waals surface area contributed by atoms with Crippen LogP contribution in [0.2, 0.25) is 15.1 Å². The van der Waals surface area contributed by atoms with Crippen molar-refractivity contribution in [1.82, 2.24) is 14.5 Å². The van der Waals surface area contributed by atoms with E-state index in [1.807, 2.05) is 0 Å². The van der Waals surface area contributed by atoms with Gasteiger partial charge in [0.05, 0.1) is 14.9 Å². The first-order valence-corrected chi connectivity index (χ1v) is 12.5. The van der Waals surface area contributed by atoms with Gasteiger partial charge >= 0.3 is 6.03 Å². The maximum absolute atomic E-state index is 13.5. The molecule has 1 aliphatic heterocycles. The molecule has 13 heteroatoms. The normalized spacial score (nSPS) is 17.0. The molecule has 3 amide bonds. The number of carbonyl (C=O) groups excluding carboxylic acids is 2. The average Bonchev–Trinajstić information content (AvgIpc) is 2.78. The van der Waals surface area contributed by atoms with Crippen LogP contribution in [0.3, 0.4) is 0 Å². The van der Waals surface area contributed by atoms with Crippen LogP contribution in [0.5, 0.6) is 0 Å². The number of amides is 3. The smallest absolute Gasteiger partial charge is 0.323 e. The number of nitrogens with two attached hydrogens (primary N) is 1. The van der Waals surface area contributed by atoms with Crippen molar-refractivity contribution in [2.75, 3.05) is 31.5 Å². The van der Waals surface area contributed by atoms with E-state index in [2.05, 4.69) is 10.6 Å². The Balaban J connectivity index is 1.97. The predicted molar refractivity (Wildman–Crippen MR) is 128 cm³/mol. The van der Waals surface area contributed by atoms with Gasteiger partial charge in [-0.05, 0) is 42.8 Å². The third kappa shape index (κ3) is 5.89. The lowest BCUT2D eigenvalue weighted by molar-refractivity contribution is -0.130. The maximum Gasteiger partial charge on any atom is 0.323 e. The van der Waals surface area contributed by atoms with Crippen LogP contribution in [0.15, 0.2) is 47.4 Å². The Bertz CT molecular complexity index is 1150. The van der Waals surface area contributed by atoms with E-state index >= 15 is 0 Å². The lowest BCUT2D eigenvalue weighted by Gasteiger charge is -2.41. The van der Waals surface area contributed by atoms with Crippen LogP contribution in [0.1, 0.15) is 6.42 Å².